The van der Waals surface area contributed by atoms with Crippen LogP contribution in [0, 0.1) is 5.92 Å². The van der Waals surface area contributed by atoms with Gasteiger partial charge in [-0.15, -0.1) is 0 Å². The zero-order valence-electron chi connectivity index (χ0n) is 12.4. The van der Waals surface area contributed by atoms with Crippen LogP contribution in [0.3, 0.4) is 0 Å². The fourth-order valence-corrected chi connectivity index (χ4v) is 3.72. The van der Waals surface area contributed by atoms with Gasteiger partial charge in [-0.2, -0.15) is 0 Å². The number of hydrogen-bond acceptors (Lipinski definition) is 2. The van der Waals surface area contributed by atoms with Crippen LogP contribution in [0.4, 0.5) is 0 Å². The van der Waals surface area contributed by atoms with E-state index in [1.165, 1.54) is 0 Å². The average molecular weight is 308 g/mol. The first-order valence-corrected chi connectivity index (χ1v) is 8.14. The van der Waals surface area contributed by atoms with Crippen LogP contribution in [0.15, 0.2) is 24.3 Å². The molecule has 1 saturated carbocycles. The van der Waals surface area contributed by atoms with Crippen LogP contribution < -0.4 is 0 Å². The van der Waals surface area contributed by atoms with Gasteiger partial charge < -0.3 is 10.0 Å². The van der Waals surface area contributed by atoms with E-state index in [-0.39, 0.29) is 23.3 Å². The summed E-state index contributed by atoms with van der Waals surface area (Å²) < 4.78 is 0. The second kappa shape index (κ2) is 5.62. The van der Waals surface area contributed by atoms with Gasteiger partial charge in [0.2, 0.25) is 5.91 Å². The van der Waals surface area contributed by atoms with Gasteiger partial charge in [0.05, 0.1) is 11.5 Å². The summed E-state index contributed by atoms with van der Waals surface area (Å²) in [7, 11) is 0. The summed E-state index contributed by atoms with van der Waals surface area (Å²) in [5.74, 6) is 0.454. The third-order valence-electron chi connectivity index (χ3n) is 5.21. The lowest BCUT2D eigenvalue weighted by atomic mass is 9.63. The normalized spacial score (nSPS) is 25.5. The second-order valence-electron chi connectivity index (χ2n) is 6.48. The first-order valence-electron chi connectivity index (χ1n) is 7.76. The van der Waals surface area contributed by atoms with Crippen LogP contribution in [0.1, 0.15) is 38.2 Å². The quantitative estimate of drug-likeness (QED) is 0.932. The van der Waals surface area contributed by atoms with Gasteiger partial charge in [0, 0.05) is 24.0 Å². The second-order valence-corrected chi connectivity index (χ2v) is 6.92. The first kappa shape index (κ1) is 14.9. The molecule has 1 heterocycles. The monoisotopic (exact) mass is 307 g/mol. The molecule has 3 rings (SSSR count). The Balaban J connectivity index is 1.80. The van der Waals surface area contributed by atoms with Gasteiger partial charge in [-0.25, -0.2) is 0 Å². The van der Waals surface area contributed by atoms with Crippen molar-refractivity contribution >= 4 is 17.5 Å². The number of aliphatic hydroxyl groups is 1. The molecule has 1 N–H and O–H groups in total. The minimum Gasteiger partial charge on any atom is -0.393 e. The summed E-state index contributed by atoms with van der Waals surface area (Å²) in [6, 6.07) is 7.71. The number of carbonyl (C=O) groups excluding carboxylic acids is 1. The molecule has 2 aliphatic rings. The van der Waals surface area contributed by atoms with E-state index >= 15 is 0 Å². The number of rotatable bonds is 3. The van der Waals surface area contributed by atoms with Crippen LogP contribution in [-0.2, 0) is 10.2 Å². The van der Waals surface area contributed by atoms with Gasteiger partial charge >= 0.3 is 0 Å². The first-order chi connectivity index (χ1) is 10.0. The average Bonchev–Trinajstić information content (AvgIpc) is 2.89. The van der Waals surface area contributed by atoms with Gasteiger partial charge in [0.25, 0.3) is 0 Å². The molecule has 1 aliphatic heterocycles. The number of carbonyl (C=O) groups is 1. The maximum absolute atomic E-state index is 13.0. The molecule has 4 heteroatoms. The van der Waals surface area contributed by atoms with Crippen molar-refractivity contribution in [2.24, 2.45) is 5.92 Å². The Morgan fingerprint density at radius 3 is 2.52 bits per heavy atom. The Morgan fingerprint density at radius 1 is 1.38 bits per heavy atom. The van der Waals surface area contributed by atoms with E-state index in [9.17, 15) is 9.90 Å². The Bertz CT molecular complexity index is 522. The molecule has 21 heavy (non-hydrogen) atoms. The number of amides is 1. The van der Waals surface area contributed by atoms with E-state index in [4.69, 9.17) is 11.6 Å². The molecule has 1 saturated heterocycles. The van der Waals surface area contributed by atoms with E-state index in [2.05, 4.69) is 0 Å². The van der Waals surface area contributed by atoms with E-state index < -0.39 is 0 Å². The Kier molecular flexibility index (Phi) is 3.98. The molecule has 2 unspecified atom stereocenters. The number of aliphatic hydroxyl groups excluding tert-OH is 1. The molecule has 1 aromatic carbocycles. The molecule has 1 amide bonds. The third kappa shape index (κ3) is 2.58. The Hall–Kier alpha value is -1.06. The Morgan fingerprint density at radius 2 is 2.05 bits per heavy atom. The van der Waals surface area contributed by atoms with Crippen LogP contribution in [0.25, 0.3) is 0 Å². The minimum atomic E-state index is -0.349. The van der Waals surface area contributed by atoms with Crippen molar-refractivity contribution in [3.05, 3.63) is 34.9 Å². The standard InChI is InChI=1S/C17H22ClNO2/c1-12(20)13-7-10-19(11-13)16(21)17(8-2-9-17)14-3-5-15(18)6-4-14/h3-6,12-13,20H,2,7-11H2,1H3. The summed E-state index contributed by atoms with van der Waals surface area (Å²) in [6.45, 7) is 3.27. The largest absolute Gasteiger partial charge is 0.393 e. The molecule has 2 atom stereocenters. The number of nitrogens with zero attached hydrogens (tertiary/aromatic N) is 1. The van der Waals surface area contributed by atoms with Gasteiger partial charge in [-0.1, -0.05) is 30.2 Å². The van der Waals surface area contributed by atoms with Gasteiger partial charge in [0.1, 0.15) is 0 Å². The van der Waals surface area contributed by atoms with Crippen molar-refractivity contribution in [2.45, 2.75) is 44.1 Å². The molecular weight excluding hydrogens is 286 g/mol. The van der Waals surface area contributed by atoms with Crippen molar-refractivity contribution in [1.82, 2.24) is 4.90 Å². The number of likely N-dealkylation sites (tertiary alicyclic amines) is 1. The molecule has 3 nitrogen and oxygen atoms in total. The maximum Gasteiger partial charge on any atom is 0.233 e. The lowest BCUT2D eigenvalue weighted by Crippen LogP contribution is -2.50. The van der Waals surface area contributed by atoms with E-state index in [1.54, 1.807) is 0 Å². The van der Waals surface area contributed by atoms with Crippen molar-refractivity contribution in [3.63, 3.8) is 0 Å². The highest BCUT2D eigenvalue weighted by Gasteiger charge is 2.48. The SMILES string of the molecule is CC(O)C1CCN(C(=O)C2(c3ccc(Cl)cc3)CCC2)C1. The van der Waals surface area contributed by atoms with Gasteiger partial charge in [-0.3, -0.25) is 4.79 Å². The van der Waals surface area contributed by atoms with Gasteiger partial charge in [0.15, 0.2) is 0 Å². The summed E-state index contributed by atoms with van der Waals surface area (Å²) in [5, 5.41) is 10.4. The lowest BCUT2D eigenvalue weighted by Gasteiger charge is -2.43. The predicted octanol–water partition coefficient (Wildman–Crippen LogP) is 2.99. The summed E-state index contributed by atoms with van der Waals surface area (Å²) in [4.78, 5) is 15.0. The fraction of sp³-hybridized carbons (Fsp3) is 0.588. The van der Waals surface area contributed by atoms with Crippen LogP contribution in [0.5, 0.6) is 0 Å². The zero-order valence-corrected chi connectivity index (χ0v) is 13.1. The van der Waals surface area contributed by atoms with Crippen LogP contribution in [0.2, 0.25) is 5.02 Å². The zero-order chi connectivity index (χ0) is 15.0. The van der Waals surface area contributed by atoms with Gasteiger partial charge in [-0.05, 0) is 43.9 Å². The molecule has 0 spiro atoms. The van der Waals surface area contributed by atoms with E-state index in [0.717, 1.165) is 37.8 Å². The van der Waals surface area contributed by atoms with E-state index in [0.29, 0.717) is 11.6 Å². The number of benzene rings is 1. The molecule has 1 aliphatic carbocycles. The van der Waals surface area contributed by atoms with Crippen LogP contribution in [-0.4, -0.2) is 35.1 Å². The lowest BCUT2D eigenvalue weighted by molar-refractivity contribution is -0.140. The molecular formula is C17H22ClNO2. The highest BCUT2D eigenvalue weighted by atomic mass is 35.5. The molecule has 2 fully saturated rings. The molecule has 0 radical (unpaired) electrons. The molecule has 1 aromatic rings. The maximum atomic E-state index is 13.0. The minimum absolute atomic E-state index is 0.219. The molecule has 0 aromatic heterocycles. The van der Waals surface area contributed by atoms with Crippen molar-refractivity contribution in [2.75, 3.05) is 13.1 Å². The summed E-state index contributed by atoms with van der Waals surface area (Å²) in [5.41, 5.74) is 0.738. The highest BCUT2D eigenvalue weighted by Crippen LogP contribution is 2.46. The Labute approximate surface area is 130 Å². The smallest absolute Gasteiger partial charge is 0.233 e. The van der Waals surface area contributed by atoms with E-state index in [1.807, 2.05) is 36.1 Å². The predicted molar refractivity (Wildman–Crippen MR) is 83.3 cm³/mol. The van der Waals surface area contributed by atoms with Crippen molar-refractivity contribution in [1.29, 1.82) is 0 Å². The number of hydrogen-bond donors (Lipinski definition) is 1. The third-order valence-corrected chi connectivity index (χ3v) is 5.46. The van der Waals surface area contributed by atoms with Crippen molar-refractivity contribution in [3.8, 4) is 0 Å². The number of halogens is 1. The fourth-order valence-electron chi connectivity index (χ4n) is 3.59. The molecule has 114 valence electrons. The highest BCUT2D eigenvalue weighted by molar-refractivity contribution is 6.30. The molecule has 0 bridgehead atoms. The van der Waals surface area contributed by atoms with Crippen LogP contribution >= 0.6 is 11.6 Å². The summed E-state index contributed by atoms with van der Waals surface area (Å²) >= 11 is 5.96. The summed E-state index contributed by atoms with van der Waals surface area (Å²) in [6.07, 6.45) is 3.50. The van der Waals surface area contributed by atoms with Crippen molar-refractivity contribution < 1.29 is 9.90 Å². The topological polar surface area (TPSA) is 40.5 Å².